The highest BCUT2D eigenvalue weighted by Crippen LogP contribution is 2.12. The van der Waals surface area contributed by atoms with Gasteiger partial charge in [-0.1, -0.05) is 13.8 Å². The summed E-state index contributed by atoms with van der Waals surface area (Å²) in [7, 11) is 0. The van der Waals surface area contributed by atoms with Gasteiger partial charge in [0.1, 0.15) is 5.76 Å². The number of carbonyl (C=O) groups is 1. The van der Waals surface area contributed by atoms with Gasteiger partial charge in [0.25, 0.3) is 0 Å². The number of nitrogens with one attached hydrogen (secondary N) is 1. The molecule has 74 valence electrons. The second-order valence-corrected chi connectivity index (χ2v) is 3.24. The predicted molar refractivity (Wildman–Crippen MR) is 50.0 cm³/mol. The summed E-state index contributed by atoms with van der Waals surface area (Å²) in [6.45, 7) is 3.54. The Morgan fingerprint density at radius 2 is 2.36 bits per heavy atom. The third-order valence-corrected chi connectivity index (χ3v) is 1.77. The van der Waals surface area contributed by atoms with Crippen molar-refractivity contribution in [3.8, 4) is 6.07 Å². The van der Waals surface area contributed by atoms with E-state index in [2.05, 4.69) is 5.32 Å². The maximum absolute atomic E-state index is 11.3. The van der Waals surface area contributed by atoms with Gasteiger partial charge in [-0.05, 0) is 12.1 Å². The van der Waals surface area contributed by atoms with Gasteiger partial charge >= 0.3 is 0 Å². The molecule has 1 aromatic heterocycles. The van der Waals surface area contributed by atoms with Gasteiger partial charge in [0, 0.05) is 5.92 Å². The van der Waals surface area contributed by atoms with Crippen LogP contribution in [0.4, 0.5) is 0 Å². The summed E-state index contributed by atoms with van der Waals surface area (Å²) < 4.78 is 5.03. The van der Waals surface area contributed by atoms with E-state index in [1.54, 1.807) is 26.0 Å². The summed E-state index contributed by atoms with van der Waals surface area (Å²) in [5, 5.41) is 11.4. The number of rotatable bonds is 3. The van der Waals surface area contributed by atoms with Crippen LogP contribution in [0, 0.1) is 17.2 Å². The monoisotopic (exact) mass is 192 g/mol. The van der Waals surface area contributed by atoms with E-state index in [4.69, 9.17) is 9.68 Å². The van der Waals surface area contributed by atoms with E-state index in [9.17, 15) is 4.79 Å². The lowest BCUT2D eigenvalue weighted by atomic mass is 10.1. The third-order valence-electron chi connectivity index (χ3n) is 1.77. The molecule has 4 nitrogen and oxygen atoms in total. The third kappa shape index (κ3) is 2.36. The van der Waals surface area contributed by atoms with E-state index in [1.165, 1.54) is 6.26 Å². The SMILES string of the molecule is CC(C)C(=O)NC(C#N)c1ccco1. The normalized spacial score (nSPS) is 12.1. The van der Waals surface area contributed by atoms with Crippen LogP contribution in [0.2, 0.25) is 0 Å². The number of hydrogen-bond acceptors (Lipinski definition) is 3. The van der Waals surface area contributed by atoms with Crippen LogP contribution in [-0.4, -0.2) is 5.91 Å². The molecule has 14 heavy (non-hydrogen) atoms. The van der Waals surface area contributed by atoms with Gasteiger partial charge in [-0.15, -0.1) is 0 Å². The van der Waals surface area contributed by atoms with Gasteiger partial charge in [0.15, 0.2) is 6.04 Å². The molecule has 1 amide bonds. The van der Waals surface area contributed by atoms with Crippen molar-refractivity contribution in [1.29, 1.82) is 5.26 Å². The maximum atomic E-state index is 11.3. The summed E-state index contributed by atoms with van der Waals surface area (Å²) in [5.74, 6) is 0.162. The molecule has 0 spiro atoms. The van der Waals surface area contributed by atoms with Gasteiger partial charge in [-0.25, -0.2) is 0 Å². The Kier molecular flexibility index (Phi) is 3.29. The van der Waals surface area contributed by atoms with E-state index < -0.39 is 6.04 Å². The highest BCUT2D eigenvalue weighted by atomic mass is 16.3. The highest BCUT2D eigenvalue weighted by molar-refractivity contribution is 5.78. The van der Waals surface area contributed by atoms with Gasteiger partial charge in [0.2, 0.25) is 5.91 Å². The molecule has 0 aliphatic heterocycles. The van der Waals surface area contributed by atoms with E-state index in [0.29, 0.717) is 5.76 Å². The molecular formula is C10H12N2O2. The van der Waals surface area contributed by atoms with E-state index >= 15 is 0 Å². The minimum Gasteiger partial charge on any atom is -0.466 e. The van der Waals surface area contributed by atoms with Crippen molar-refractivity contribution in [2.45, 2.75) is 19.9 Å². The Morgan fingerprint density at radius 3 is 2.79 bits per heavy atom. The van der Waals surface area contributed by atoms with Gasteiger partial charge in [-0.3, -0.25) is 4.79 Å². The van der Waals surface area contributed by atoms with E-state index in [-0.39, 0.29) is 11.8 Å². The molecule has 1 rings (SSSR count). The summed E-state index contributed by atoms with van der Waals surface area (Å²) >= 11 is 0. The maximum Gasteiger partial charge on any atom is 0.223 e. The molecule has 0 saturated carbocycles. The lowest BCUT2D eigenvalue weighted by molar-refractivity contribution is -0.124. The first kappa shape index (κ1) is 10.3. The number of nitriles is 1. The molecule has 0 radical (unpaired) electrons. The topological polar surface area (TPSA) is 66.0 Å². The summed E-state index contributed by atoms with van der Waals surface area (Å²) in [5.41, 5.74) is 0. The van der Waals surface area contributed by atoms with Crippen LogP contribution in [0.3, 0.4) is 0 Å². The van der Waals surface area contributed by atoms with E-state index in [1.807, 2.05) is 6.07 Å². The average Bonchev–Trinajstić information content (AvgIpc) is 2.66. The van der Waals surface area contributed by atoms with Crippen LogP contribution < -0.4 is 5.32 Å². The Morgan fingerprint density at radius 1 is 1.64 bits per heavy atom. The lowest BCUT2D eigenvalue weighted by Crippen LogP contribution is -2.30. The van der Waals surface area contributed by atoms with E-state index in [0.717, 1.165) is 0 Å². The van der Waals surface area contributed by atoms with Gasteiger partial charge < -0.3 is 9.73 Å². The Hall–Kier alpha value is -1.76. The zero-order valence-electron chi connectivity index (χ0n) is 8.15. The standard InChI is InChI=1S/C10H12N2O2/c1-7(2)10(13)12-8(6-11)9-4-3-5-14-9/h3-5,7-8H,1-2H3,(H,12,13). The Labute approximate surface area is 82.5 Å². The van der Waals surface area contributed by atoms with Crippen molar-refractivity contribution in [2.24, 2.45) is 5.92 Å². The smallest absolute Gasteiger partial charge is 0.223 e. The van der Waals surface area contributed by atoms with Crippen LogP contribution in [0.25, 0.3) is 0 Å². The second-order valence-electron chi connectivity index (χ2n) is 3.24. The number of amides is 1. The zero-order valence-corrected chi connectivity index (χ0v) is 8.15. The predicted octanol–water partition coefficient (Wildman–Crippen LogP) is 1.62. The van der Waals surface area contributed by atoms with Crippen LogP contribution in [0.5, 0.6) is 0 Å². The second kappa shape index (κ2) is 4.47. The van der Waals surface area contributed by atoms with Crippen molar-refractivity contribution in [3.63, 3.8) is 0 Å². The first-order valence-corrected chi connectivity index (χ1v) is 4.38. The van der Waals surface area contributed by atoms with Crippen molar-refractivity contribution in [3.05, 3.63) is 24.2 Å². The summed E-state index contributed by atoms with van der Waals surface area (Å²) in [6, 6.07) is 4.61. The van der Waals surface area contributed by atoms with Gasteiger partial charge in [0.05, 0.1) is 12.3 Å². The number of nitrogens with zero attached hydrogens (tertiary/aromatic N) is 1. The lowest BCUT2D eigenvalue weighted by Gasteiger charge is -2.10. The highest BCUT2D eigenvalue weighted by Gasteiger charge is 2.17. The first-order valence-electron chi connectivity index (χ1n) is 4.38. The molecule has 0 fully saturated rings. The summed E-state index contributed by atoms with van der Waals surface area (Å²) in [4.78, 5) is 11.3. The largest absolute Gasteiger partial charge is 0.466 e. The minimum absolute atomic E-state index is 0.138. The minimum atomic E-state index is -0.695. The summed E-state index contributed by atoms with van der Waals surface area (Å²) in [6.07, 6.45) is 1.47. The quantitative estimate of drug-likeness (QED) is 0.791. The van der Waals surface area contributed by atoms with Crippen LogP contribution in [-0.2, 0) is 4.79 Å². The van der Waals surface area contributed by atoms with Crippen molar-refractivity contribution in [1.82, 2.24) is 5.32 Å². The fourth-order valence-corrected chi connectivity index (χ4v) is 0.931. The Balaban J connectivity index is 2.67. The molecule has 0 aromatic carbocycles. The molecule has 0 aliphatic rings. The molecule has 1 heterocycles. The number of hydrogen-bond donors (Lipinski definition) is 1. The molecule has 0 saturated heterocycles. The molecule has 4 heteroatoms. The van der Waals surface area contributed by atoms with Crippen LogP contribution >= 0.6 is 0 Å². The molecule has 1 unspecified atom stereocenters. The van der Waals surface area contributed by atoms with Gasteiger partial charge in [-0.2, -0.15) is 5.26 Å². The zero-order chi connectivity index (χ0) is 10.6. The molecule has 1 atom stereocenters. The molecule has 1 aromatic rings. The fraction of sp³-hybridized carbons (Fsp3) is 0.400. The molecule has 0 bridgehead atoms. The number of furan rings is 1. The van der Waals surface area contributed by atoms with Crippen molar-refractivity contribution >= 4 is 5.91 Å². The van der Waals surface area contributed by atoms with Crippen LogP contribution in [0.1, 0.15) is 25.6 Å². The number of carbonyl (C=O) groups excluding carboxylic acids is 1. The van der Waals surface area contributed by atoms with Crippen LogP contribution in [0.15, 0.2) is 22.8 Å². The van der Waals surface area contributed by atoms with Crippen molar-refractivity contribution < 1.29 is 9.21 Å². The fourth-order valence-electron chi connectivity index (χ4n) is 0.931. The van der Waals surface area contributed by atoms with Crippen molar-refractivity contribution in [2.75, 3.05) is 0 Å². The first-order chi connectivity index (χ1) is 6.65. The average molecular weight is 192 g/mol. The molecule has 1 N–H and O–H groups in total. The molecule has 0 aliphatic carbocycles. The Bertz CT molecular complexity index is 336. The molecular weight excluding hydrogens is 180 g/mol.